The fraction of sp³-hybridized carbons (Fsp3) is 0.667. The number of nitrogens with zero attached hydrogens (tertiary/aromatic N) is 1. The van der Waals surface area contributed by atoms with Crippen LogP contribution in [0.4, 0.5) is 5.00 Å². The van der Waals surface area contributed by atoms with E-state index < -0.39 is 0 Å². The quantitative estimate of drug-likeness (QED) is 0.811. The van der Waals surface area contributed by atoms with Gasteiger partial charge in [-0.3, -0.25) is 9.69 Å². The molecule has 1 aliphatic heterocycles. The number of amides is 1. The molecule has 25 heavy (non-hydrogen) atoms. The van der Waals surface area contributed by atoms with Gasteiger partial charge in [-0.25, -0.2) is 4.79 Å². The maximum atomic E-state index is 12.5. The average Bonchev–Trinajstić information content (AvgIpc) is 3.06. The van der Waals surface area contributed by atoms with Crippen LogP contribution in [0.5, 0.6) is 0 Å². The molecule has 0 radical (unpaired) electrons. The van der Waals surface area contributed by atoms with Crippen LogP contribution in [-0.4, -0.2) is 55.2 Å². The summed E-state index contributed by atoms with van der Waals surface area (Å²) in [5.41, 5.74) is 1.63. The van der Waals surface area contributed by atoms with E-state index in [1.807, 2.05) is 13.8 Å². The van der Waals surface area contributed by atoms with Crippen molar-refractivity contribution >= 4 is 28.2 Å². The summed E-state index contributed by atoms with van der Waals surface area (Å²) < 4.78 is 10.9. The van der Waals surface area contributed by atoms with Gasteiger partial charge in [-0.05, 0) is 45.6 Å². The Hall–Kier alpha value is -1.44. The molecule has 0 spiro atoms. The second-order valence-electron chi connectivity index (χ2n) is 6.78. The summed E-state index contributed by atoms with van der Waals surface area (Å²) in [7, 11) is 0. The van der Waals surface area contributed by atoms with Gasteiger partial charge in [-0.1, -0.05) is 0 Å². The van der Waals surface area contributed by atoms with E-state index >= 15 is 0 Å². The third-order valence-corrected chi connectivity index (χ3v) is 5.72. The van der Waals surface area contributed by atoms with Crippen LogP contribution in [0.1, 0.15) is 48.0 Å². The van der Waals surface area contributed by atoms with Crippen LogP contribution in [0.2, 0.25) is 0 Å². The summed E-state index contributed by atoms with van der Waals surface area (Å²) in [6, 6.07) is 0. The Morgan fingerprint density at radius 3 is 2.68 bits per heavy atom. The largest absolute Gasteiger partial charge is 0.462 e. The Bertz CT molecular complexity index is 648. The topological polar surface area (TPSA) is 67.9 Å². The first-order valence-electron chi connectivity index (χ1n) is 8.97. The van der Waals surface area contributed by atoms with Crippen molar-refractivity contribution in [2.24, 2.45) is 0 Å². The lowest BCUT2D eigenvalue weighted by Crippen LogP contribution is -2.48. The van der Waals surface area contributed by atoms with Crippen molar-refractivity contribution in [3.8, 4) is 0 Å². The van der Waals surface area contributed by atoms with Crippen LogP contribution in [-0.2, 0) is 27.1 Å². The van der Waals surface area contributed by atoms with Crippen molar-refractivity contribution in [2.45, 2.75) is 52.2 Å². The summed E-state index contributed by atoms with van der Waals surface area (Å²) in [6.07, 6.45) is 3.16. The highest BCUT2D eigenvalue weighted by molar-refractivity contribution is 7.17. The average molecular weight is 366 g/mol. The first-order valence-corrected chi connectivity index (χ1v) is 9.78. The van der Waals surface area contributed by atoms with Crippen LogP contribution < -0.4 is 5.32 Å². The molecule has 1 aromatic heterocycles. The normalized spacial score (nSPS) is 23.3. The molecule has 1 aliphatic carbocycles. The molecule has 1 fully saturated rings. The van der Waals surface area contributed by atoms with Crippen molar-refractivity contribution in [1.82, 2.24) is 4.90 Å². The zero-order valence-electron chi connectivity index (χ0n) is 15.1. The summed E-state index contributed by atoms with van der Waals surface area (Å²) in [6.45, 7) is 7.95. The van der Waals surface area contributed by atoms with Crippen molar-refractivity contribution < 1.29 is 19.1 Å². The molecule has 138 valence electrons. The predicted molar refractivity (Wildman–Crippen MR) is 97.4 cm³/mol. The van der Waals surface area contributed by atoms with Gasteiger partial charge >= 0.3 is 5.97 Å². The Morgan fingerprint density at radius 1 is 1.28 bits per heavy atom. The van der Waals surface area contributed by atoms with Gasteiger partial charge < -0.3 is 14.8 Å². The van der Waals surface area contributed by atoms with Gasteiger partial charge in [-0.2, -0.15) is 0 Å². The molecule has 2 heterocycles. The van der Waals surface area contributed by atoms with Gasteiger partial charge in [0.1, 0.15) is 5.00 Å². The molecule has 0 unspecified atom stereocenters. The highest BCUT2D eigenvalue weighted by atomic mass is 32.1. The summed E-state index contributed by atoms with van der Waals surface area (Å²) in [4.78, 5) is 28.2. The third kappa shape index (κ3) is 4.22. The zero-order valence-corrected chi connectivity index (χ0v) is 15.9. The first-order chi connectivity index (χ1) is 12.0. The van der Waals surface area contributed by atoms with Crippen LogP contribution in [0.25, 0.3) is 0 Å². The lowest BCUT2D eigenvalue weighted by Gasteiger charge is -2.34. The molecule has 3 rings (SSSR count). The molecular formula is C18H26N2O4S. The standard InChI is InChI=1S/C18H26N2O4S/c1-4-23-18(22)16-13-6-5-7-14(13)25-17(16)19-15(21)10-20-8-11(2)24-12(3)9-20/h11-12H,4-10H2,1-3H3,(H,19,21)/t11-,12-/m1/s1. The molecule has 0 bridgehead atoms. The maximum absolute atomic E-state index is 12.5. The maximum Gasteiger partial charge on any atom is 0.341 e. The minimum Gasteiger partial charge on any atom is -0.462 e. The lowest BCUT2D eigenvalue weighted by atomic mass is 10.1. The Morgan fingerprint density at radius 2 is 2.00 bits per heavy atom. The second-order valence-corrected chi connectivity index (χ2v) is 7.89. The minimum absolute atomic E-state index is 0.0910. The van der Waals surface area contributed by atoms with Crippen molar-refractivity contribution in [2.75, 3.05) is 31.6 Å². The van der Waals surface area contributed by atoms with E-state index in [9.17, 15) is 9.59 Å². The molecule has 0 saturated carbocycles. The number of hydrogen-bond acceptors (Lipinski definition) is 6. The Labute approximate surface area is 152 Å². The molecule has 2 atom stereocenters. The number of esters is 1. The zero-order chi connectivity index (χ0) is 18.0. The van der Waals surface area contributed by atoms with Crippen LogP contribution >= 0.6 is 11.3 Å². The number of carbonyl (C=O) groups excluding carboxylic acids is 2. The number of thiophene rings is 1. The molecular weight excluding hydrogens is 340 g/mol. The number of rotatable bonds is 5. The number of aryl methyl sites for hydroxylation is 1. The van der Waals surface area contributed by atoms with Gasteiger partial charge in [0.2, 0.25) is 5.91 Å². The molecule has 7 heteroatoms. The predicted octanol–water partition coefficient (Wildman–Crippen LogP) is 2.46. The van der Waals surface area contributed by atoms with E-state index in [0.29, 0.717) is 23.7 Å². The summed E-state index contributed by atoms with van der Waals surface area (Å²) in [5.74, 6) is -0.419. The van der Waals surface area contributed by atoms with E-state index in [1.54, 1.807) is 6.92 Å². The molecule has 1 N–H and O–H groups in total. The van der Waals surface area contributed by atoms with Gasteiger partial charge in [-0.15, -0.1) is 11.3 Å². The van der Waals surface area contributed by atoms with E-state index in [-0.39, 0.29) is 24.1 Å². The number of anilines is 1. The number of nitrogens with one attached hydrogen (secondary N) is 1. The molecule has 1 aromatic rings. The third-order valence-electron chi connectivity index (χ3n) is 4.52. The summed E-state index contributed by atoms with van der Waals surface area (Å²) >= 11 is 1.52. The van der Waals surface area contributed by atoms with Gasteiger partial charge in [0.15, 0.2) is 0 Å². The second kappa shape index (κ2) is 7.85. The minimum atomic E-state index is -0.328. The van der Waals surface area contributed by atoms with Crippen LogP contribution in [0.3, 0.4) is 0 Å². The van der Waals surface area contributed by atoms with Crippen molar-refractivity contribution in [1.29, 1.82) is 0 Å². The smallest absolute Gasteiger partial charge is 0.341 e. The van der Waals surface area contributed by atoms with Gasteiger partial charge in [0.05, 0.1) is 30.9 Å². The van der Waals surface area contributed by atoms with Crippen molar-refractivity contribution in [3.63, 3.8) is 0 Å². The van der Waals surface area contributed by atoms with E-state index in [0.717, 1.165) is 37.9 Å². The first kappa shape index (κ1) is 18.4. The number of fused-ring (bicyclic) bond motifs is 1. The Kier molecular flexibility index (Phi) is 5.76. The highest BCUT2D eigenvalue weighted by Crippen LogP contribution is 2.39. The van der Waals surface area contributed by atoms with Crippen molar-refractivity contribution in [3.05, 3.63) is 16.0 Å². The SMILES string of the molecule is CCOC(=O)c1c(NC(=O)CN2C[C@@H](C)O[C@H](C)C2)sc2c1CCC2. The number of carbonyl (C=O) groups is 2. The number of morpholine rings is 1. The van der Waals surface area contributed by atoms with Crippen LogP contribution in [0, 0.1) is 0 Å². The van der Waals surface area contributed by atoms with E-state index in [1.165, 1.54) is 16.2 Å². The molecule has 2 aliphatic rings. The monoisotopic (exact) mass is 366 g/mol. The van der Waals surface area contributed by atoms with Gasteiger partial charge in [0, 0.05) is 18.0 Å². The van der Waals surface area contributed by atoms with Crippen LogP contribution in [0.15, 0.2) is 0 Å². The lowest BCUT2D eigenvalue weighted by molar-refractivity contribution is -0.121. The molecule has 6 nitrogen and oxygen atoms in total. The fourth-order valence-corrected chi connectivity index (χ4v) is 4.99. The fourth-order valence-electron chi connectivity index (χ4n) is 3.69. The molecule has 0 aromatic carbocycles. The van der Waals surface area contributed by atoms with E-state index in [4.69, 9.17) is 9.47 Å². The summed E-state index contributed by atoms with van der Waals surface area (Å²) in [5, 5.41) is 3.59. The molecule has 1 saturated heterocycles. The highest BCUT2D eigenvalue weighted by Gasteiger charge is 2.29. The Balaban J connectivity index is 1.70. The van der Waals surface area contributed by atoms with E-state index in [2.05, 4.69) is 10.2 Å². The molecule has 1 amide bonds. The number of hydrogen-bond donors (Lipinski definition) is 1. The van der Waals surface area contributed by atoms with Gasteiger partial charge in [0.25, 0.3) is 0 Å². The number of ether oxygens (including phenoxy) is 2.